The Morgan fingerprint density at radius 3 is 2.57 bits per heavy atom. The molecule has 0 amide bonds. The van der Waals surface area contributed by atoms with Crippen LogP contribution in [0.3, 0.4) is 0 Å². The van der Waals surface area contributed by atoms with Crippen LogP contribution in [0.1, 0.15) is 31.7 Å². The molecule has 0 unspecified atom stereocenters. The average molecular weight is 452 g/mol. The maximum absolute atomic E-state index is 6.47. The highest BCUT2D eigenvalue weighted by Crippen LogP contribution is 2.38. The summed E-state index contributed by atoms with van der Waals surface area (Å²) in [5, 5.41) is 7.62. The van der Waals surface area contributed by atoms with E-state index in [-0.39, 0.29) is 29.4 Å². The highest BCUT2D eigenvalue weighted by atomic mass is 127. The van der Waals surface area contributed by atoms with Gasteiger partial charge in [-0.05, 0) is 30.9 Å². The second-order valence-corrected chi connectivity index (χ2v) is 6.13. The van der Waals surface area contributed by atoms with Gasteiger partial charge in [-0.2, -0.15) is 0 Å². The summed E-state index contributed by atoms with van der Waals surface area (Å²) in [7, 11) is 1.80. The Balaban J connectivity index is 0.00000264. The third-order valence-electron chi connectivity index (χ3n) is 4.26. The molecular formula is C17H27ClIN3O. The fraction of sp³-hybridized carbons (Fsp3) is 0.588. The fourth-order valence-electron chi connectivity index (χ4n) is 2.91. The number of hydrogen-bond acceptors (Lipinski definition) is 2. The zero-order chi connectivity index (χ0) is 15.8. The first-order valence-corrected chi connectivity index (χ1v) is 8.37. The monoisotopic (exact) mass is 451 g/mol. The van der Waals surface area contributed by atoms with Crippen LogP contribution in [0.2, 0.25) is 5.02 Å². The SMILES string of the molecule is CCCNC(=NC)NCC1(c2ccccc2Cl)CCOCC1.I. The molecular weight excluding hydrogens is 425 g/mol. The molecule has 2 N–H and O–H groups in total. The van der Waals surface area contributed by atoms with Crippen LogP contribution in [0, 0.1) is 0 Å². The first-order chi connectivity index (χ1) is 10.7. The number of nitrogens with one attached hydrogen (secondary N) is 2. The molecule has 1 aliphatic rings. The Kier molecular flexibility index (Phi) is 9.24. The highest BCUT2D eigenvalue weighted by molar-refractivity contribution is 14.0. The third kappa shape index (κ3) is 5.50. The number of benzene rings is 1. The van der Waals surface area contributed by atoms with Gasteiger partial charge in [0.25, 0.3) is 0 Å². The highest BCUT2D eigenvalue weighted by Gasteiger charge is 2.36. The normalized spacial score (nSPS) is 17.3. The lowest BCUT2D eigenvalue weighted by Gasteiger charge is -2.38. The maximum atomic E-state index is 6.47. The fourth-order valence-corrected chi connectivity index (χ4v) is 3.25. The van der Waals surface area contributed by atoms with E-state index < -0.39 is 0 Å². The van der Waals surface area contributed by atoms with Gasteiger partial charge in [0, 0.05) is 43.8 Å². The van der Waals surface area contributed by atoms with Crippen molar-refractivity contribution < 1.29 is 4.74 Å². The number of guanidine groups is 1. The molecule has 1 aliphatic heterocycles. The lowest BCUT2D eigenvalue weighted by molar-refractivity contribution is 0.0514. The Hall–Kier alpha value is -0.530. The number of rotatable bonds is 5. The molecule has 0 saturated carbocycles. The molecule has 0 atom stereocenters. The van der Waals surface area contributed by atoms with E-state index in [2.05, 4.69) is 34.7 Å². The van der Waals surface area contributed by atoms with Gasteiger partial charge in [-0.3, -0.25) is 4.99 Å². The van der Waals surface area contributed by atoms with Crippen molar-refractivity contribution in [1.82, 2.24) is 10.6 Å². The van der Waals surface area contributed by atoms with Gasteiger partial charge >= 0.3 is 0 Å². The van der Waals surface area contributed by atoms with Gasteiger partial charge in [0.2, 0.25) is 0 Å². The summed E-state index contributed by atoms with van der Waals surface area (Å²) >= 11 is 6.47. The van der Waals surface area contributed by atoms with Gasteiger partial charge in [-0.1, -0.05) is 36.7 Å². The van der Waals surface area contributed by atoms with E-state index in [1.807, 2.05) is 12.1 Å². The molecule has 130 valence electrons. The summed E-state index contributed by atoms with van der Waals surface area (Å²) in [6.07, 6.45) is 3.01. The molecule has 0 bridgehead atoms. The van der Waals surface area contributed by atoms with E-state index in [1.54, 1.807) is 7.05 Å². The smallest absolute Gasteiger partial charge is 0.191 e. The molecule has 1 fully saturated rings. The molecule has 23 heavy (non-hydrogen) atoms. The van der Waals surface area contributed by atoms with Crippen LogP contribution in [0.5, 0.6) is 0 Å². The molecule has 1 saturated heterocycles. The second kappa shape index (κ2) is 10.4. The summed E-state index contributed by atoms with van der Waals surface area (Å²) in [5.41, 5.74) is 1.21. The number of hydrogen-bond donors (Lipinski definition) is 2. The molecule has 1 aromatic rings. The third-order valence-corrected chi connectivity index (χ3v) is 4.58. The van der Waals surface area contributed by atoms with Crippen molar-refractivity contribution in [3.05, 3.63) is 34.9 Å². The van der Waals surface area contributed by atoms with E-state index >= 15 is 0 Å². The van der Waals surface area contributed by atoms with Crippen molar-refractivity contribution in [3.63, 3.8) is 0 Å². The van der Waals surface area contributed by atoms with E-state index in [9.17, 15) is 0 Å². The quantitative estimate of drug-likeness (QED) is 0.409. The largest absolute Gasteiger partial charge is 0.381 e. The van der Waals surface area contributed by atoms with Crippen LogP contribution in [0.4, 0.5) is 0 Å². The lowest BCUT2D eigenvalue weighted by atomic mass is 9.74. The van der Waals surface area contributed by atoms with E-state index in [0.29, 0.717) is 0 Å². The van der Waals surface area contributed by atoms with Crippen molar-refractivity contribution >= 4 is 41.5 Å². The summed E-state index contributed by atoms with van der Waals surface area (Å²) in [5.74, 6) is 0.847. The molecule has 0 aliphatic carbocycles. The topological polar surface area (TPSA) is 45.7 Å². The van der Waals surface area contributed by atoms with Gasteiger partial charge < -0.3 is 15.4 Å². The number of halogens is 2. The van der Waals surface area contributed by atoms with E-state index in [1.165, 1.54) is 5.56 Å². The second-order valence-electron chi connectivity index (χ2n) is 5.73. The first-order valence-electron chi connectivity index (χ1n) is 7.99. The molecule has 1 heterocycles. The van der Waals surface area contributed by atoms with Crippen LogP contribution < -0.4 is 10.6 Å². The Labute approximate surface area is 161 Å². The van der Waals surface area contributed by atoms with Crippen molar-refractivity contribution in [3.8, 4) is 0 Å². The Morgan fingerprint density at radius 1 is 1.26 bits per heavy atom. The summed E-state index contributed by atoms with van der Waals surface area (Å²) in [6, 6.07) is 8.15. The van der Waals surface area contributed by atoms with Gasteiger partial charge in [-0.25, -0.2) is 0 Å². The van der Waals surface area contributed by atoms with Gasteiger partial charge in [-0.15, -0.1) is 24.0 Å². The van der Waals surface area contributed by atoms with Crippen LogP contribution in [0.25, 0.3) is 0 Å². The predicted octanol–water partition coefficient (Wildman–Crippen LogP) is 3.58. The molecule has 1 aromatic carbocycles. The minimum atomic E-state index is 0. The van der Waals surface area contributed by atoms with Gasteiger partial charge in [0.05, 0.1) is 0 Å². The van der Waals surface area contributed by atoms with Crippen molar-refractivity contribution in [2.75, 3.05) is 33.4 Å². The standard InChI is InChI=1S/C17H26ClN3O.HI/c1-3-10-20-16(19-2)21-13-17(8-11-22-12-9-17)14-6-4-5-7-15(14)18;/h4-7H,3,8-13H2,1-2H3,(H2,19,20,21);1H. The molecule has 0 spiro atoms. The van der Waals surface area contributed by atoms with Crippen LogP contribution >= 0.6 is 35.6 Å². The summed E-state index contributed by atoms with van der Waals surface area (Å²) < 4.78 is 5.57. The Bertz CT molecular complexity index is 504. The van der Waals surface area contributed by atoms with Crippen molar-refractivity contribution in [2.24, 2.45) is 4.99 Å². The van der Waals surface area contributed by atoms with Crippen LogP contribution in [-0.2, 0) is 10.2 Å². The zero-order valence-corrected chi connectivity index (χ0v) is 17.0. The molecule has 6 heteroatoms. The summed E-state index contributed by atoms with van der Waals surface area (Å²) in [6.45, 7) is 5.41. The number of aliphatic imine (C=N–C) groups is 1. The summed E-state index contributed by atoms with van der Waals surface area (Å²) in [4.78, 5) is 4.29. The predicted molar refractivity (Wildman–Crippen MR) is 108 cm³/mol. The maximum Gasteiger partial charge on any atom is 0.191 e. The van der Waals surface area contributed by atoms with Crippen molar-refractivity contribution in [1.29, 1.82) is 0 Å². The molecule has 2 rings (SSSR count). The number of nitrogens with zero attached hydrogens (tertiary/aromatic N) is 1. The minimum absolute atomic E-state index is 0. The minimum Gasteiger partial charge on any atom is -0.381 e. The first kappa shape index (κ1) is 20.5. The van der Waals surface area contributed by atoms with Gasteiger partial charge in [0.1, 0.15) is 0 Å². The van der Waals surface area contributed by atoms with Crippen LogP contribution in [0.15, 0.2) is 29.3 Å². The van der Waals surface area contributed by atoms with Crippen LogP contribution in [-0.4, -0.2) is 39.3 Å². The molecule has 4 nitrogen and oxygen atoms in total. The van der Waals surface area contributed by atoms with Gasteiger partial charge in [0.15, 0.2) is 5.96 Å². The molecule has 0 aromatic heterocycles. The lowest BCUT2D eigenvalue weighted by Crippen LogP contribution is -2.48. The Morgan fingerprint density at radius 2 is 1.96 bits per heavy atom. The molecule has 0 radical (unpaired) electrons. The zero-order valence-electron chi connectivity index (χ0n) is 13.9. The van der Waals surface area contributed by atoms with Crippen molar-refractivity contribution in [2.45, 2.75) is 31.6 Å². The van der Waals surface area contributed by atoms with E-state index in [0.717, 1.165) is 56.5 Å². The number of ether oxygens (including phenoxy) is 1. The van der Waals surface area contributed by atoms with E-state index in [4.69, 9.17) is 16.3 Å². The average Bonchev–Trinajstić information content (AvgIpc) is 2.56.